The molecule has 0 aliphatic heterocycles. The Balaban J connectivity index is 2.83. The zero-order valence-electron chi connectivity index (χ0n) is 11.4. The summed E-state index contributed by atoms with van der Waals surface area (Å²) in [5.74, 6) is -0.919. The molecule has 0 N–H and O–H groups in total. The van der Waals surface area contributed by atoms with Crippen LogP contribution < -0.4 is 0 Å². The molecule has 0 atom stereocenters. The Morgan fingerprint density at radius 3 is 1.70 bits per heavy atom. The van der Waals surface area contributed by atoms with Crippen molar-refractivity contribution in [2.45, 2.75) is 13.8 Å². The quantitative estimate of drug-likeness (QED) is 0.580. The lowest BCUT2D eigenvalue weighted by atomic mass is 10.2. The van der Waals surface area contributed by atoms with Crippen molar-refractivity contribution in [1.82, 2.24) is 9.97 Å². The highest BCUT2D eigenvalue weighted by atomic mass is 16.5. The van der Waals surface area contributed by atoms with Crippen LogP contribution in [0.3, 0.4) is 0 Å². The number of carbonyl (C=O) groups excluding carboxylic acids is 2. The van der Waals surface area contributed by atoms with Gasteiger partial charge in [-0.15, -0.1) is 0 Å². The van der Waals surface area contributed by atoms with Gasteiger partial charge < -0.3 is 9.47 Å². The van der Waals surface area contributed by atoms with Crippen molar-refractivity contribution < 1.29 is 19.1 Å². The third kappa shape index (κ3) is 5.43. The van der Waals surface area contributed by atoms with E-state index < -0.39 is 11.9 Å². The maximum atomic E-state index is 11.2. The third-order valence-corrected chi connectivity index (χ3v) is 2.08. The molecule has 6 heteroatoms. The molecule has 20 heavy (non-hydrogen) atoms. The van der Waals surface area contributed by atoms with E-state index in [1.165, 1.54) is 36.7 Å². The number of aromatic nitrogens is 2. The first-order chi connectivity index (χ1) is 9.67. The standard InChI is InChI=1S/C14H16N2O4/c1-3-19-13(17)7-5-11-12(16-10-9-15-11)6-8-14(18)20-4-2/h5-10H,3-4H2,1-2H3/b7-5+,8-6+. The summed E-state index contributed by atoms with van der Waals surface area (Å²) in [6.45, 7) is 4.06. The van der Waals surface area contributed by atoms with Gasteiger partial charge in [0.05, 0.1) is 24.6 Å². The summed E-state index contributed by atoms with van der Waals surface area (Å²) in [6.07, 6.45) is 8.47. The summed E-state index contributed by atoms with van der Waals surface area (Å²) in [6, 6.07) is 0. The third-order valence-electron chi connectivity index (χ3n) is 2.08. The van der Waals surface area contributed by atoms with Crippen LogP contribution in [0, 0.1) is 0 Å². The van der Waals surface area contributed by atoms with Crippen molar-refractivity contribution >= 4 is 24.1 Å². The lowest BCUT2D eigenvalue weighted by Gasteiger charge is -1.99. The zero-order chi connectivity index (χ0) is 14.8. The Hall–Kier alpha value is -2.50. The first kappa shape index (κ1) is 15.6. The van der Waals surface area contributed by atoms with Gasteiger partial charge in [-0.05, 0) is 26.0 Å². The van der Waals surface area contributed by atoms with Gasteiger partial charge in [0.1, 0.15) is 0 Å². The van der Waals surface area contributed by atoms with Crippen LogP contribution in [-0.2, 0) is 19.1 Å². The van der Waals surface area contributed by atoms with Crippen molar-refractivity contribution in [1.29, 1.82) is 0 Å². The molecular formula is C14H16N2O4. The summed E-state index contributed by atoms with van der Waals surface area (Å²) in [4.78, 5) is 30.6. The molecule has 0 saturated heterocycles. The highest BCUT2D eigenvalue weighted by Gasteiger charge is 2.01. The van der Waals surface area contributed by atoms with Gasteiger partial charge in [-0.25, -0.2) is 9.59 Å². The molecule has 0 radical (unpaired) electrons. The van der Waals surface area contributed by atoms with E-state index in [-0.39, 0.29) is 0 Å². The van der Waals surface area contributed by atoms with E-state index in [9.17, 15) is 9.59 Å². The fraction of sp³-hybridized carbons (Fsp3) is 0.286. The molecule has 0 aromatic carbocycles. The van der Waals surface area contributed by atoms with Gasteiger partial charge in [-0.2, -0.15) is 0 Å². The molecule has 106 valence electrons. The highest BCUT2D eigenvalue weighted by molar-refractivity contribution is 5.89. The van der Waals surface area contributed by atoms with Gasteiger partial charge in [0.25, 0.3) is 0 Å². The van der Waals surface area contributed by atoms with Crippen LogP contribution in [0.25, 0.3) is 12.2 Å². The highest BCUT2D eigenvalue weighted by Crippen LogP contribution is 2.06. The number of ether oxygens (including phenoxy) is 2. The smallest absolute Gasteiger partial charge is 0.330 e. The average molecular weight is 276 g/mol. The maximum absolute atomic E-state index is 11.2. The van der Waals surface area contributed by atoms with Crippen molar-refractivity contribution in [3.05, 3.63) is 35.9 Å². The zero-order valence-corrected chi connectivity index (χ0v) is 11.4. The summed E-state index contributed by atoms with van der Waals surface area (Å²) >= 11 is 0. The van der Waals surface area contributed by atoms with E-state index in [1.54, 1.807) is 13.8 Å². The molecule has 1 aromatic heterocycles. The Labute approximate surface area is 117 Å². The van der Waals surface area contributed by atoms with Gasteiger partial charge in [0.2, 0.25) is 0 Å². The van der Waals surface area contributed by atoms with Gasteiger partial charge in [-0.1, -0.05) is 0 Å². The first-order valence-corrected chi connectivity index (χ1v) is 6.18. The summed E-state index contributed by atoms with van der Waals surface area (Å²) in [5, 5.41) is 0. The second-order valence-electron chi connectivity index (χ2n) is 3.50. The number of rotatable bonds is 6. The molecule has 0 spiro atoms. The Morgan fingerprint density at radius 2 is 1.35 bits per heavy atom. The van der Waals surface area contributed by atoms with Gasteiger partial charge in [0.15, 0.2) is 0 Å². The van der Waals surface area contributed by atoms with Gasteiger partial charge in [0, 0.05) is 24.5 Å². The van der Waals surface area contributed by atoms with E-state index in [0.29, 0.717) is 24.6 Å². The largest absolute Gasteiger partial charge is 0.463 e. The molecular weight excluding hydrogens is 260 g/mol. The second kappa shape index (κ2) is 8.58. The average Bonchev–Trinajstić information content (AvgIpc) is 2.44. The first-order valence-electron chi connectivity index (χ1n) is 6.18. The minimum Gasteiger partial charge on any atom is -0.463 e. The van der Waals surface area contributed by atoms with Gasteiger partial charge in [-0.3, -0.25) is 9.97 Å². The van der Waals surface area contributed by atoms with Crippen LogP contribution >= 0.6 is 0 Å². The molecule has 0 fully saturated rings. The molecule has 1 heterocycles. The van der Waals surface area contributed by atoms with Crippen molar-refractivity contribution in [3.63, 3.8) is 0 Å². The minimum atomic E-state index is -0.460. The van der Waals surface area contributed by atoms with E-state index in [4.69, 9.17) is 9.47 Å². The number of esters is 2. The number of hydrogen-bond acceptors (Lipinski definition) is 6. The topological polar surface area (TPSA) is 78.4 Å². The number of carbonyl (C=O) groups is 2. The summed E-state index contributed by atoms with van der Waals surface area (Å²) in [7, 11) is 0. The molecule has 0 unspecified atom stereocenters. The Morgan fingerprint density at radius 1 is 0.950 bits per heavy atom. The van der Waals surface area contributed by atoms with Crippen molar-refractivity contribution in [2.75, 3.05) is 13.2 Å². The minimum absolute atomic E-state index is 0.305. The van der Waals surface area contributed by atoms with Crippen molar-refractivity contribution in [3.8, 4) is 0 Å². The molecule has 1 aromatic rings. The predicted molar refractivity (Wildman–Crippen MR) is 73.4 cm³/mol. The Kier molecular flexibility index (Phi) is 6.67. The molecule has 0 amide bonds. The molecule has 0 aliphatic rings. The maximum Gasteiger partial charge on any atom is 0.330 e. The predicted octanol–water partition coefficient (Wildman–Crippen LogP) is 1.63. The molecule has 0 bridgehead atoms. The molecule has 1 rings (SSSR count). The number of nitrogens with zero attached hydrogens (tertiary/aromatic N) is 2. The monoisotopic (exact) mass is 276 g/mol. The van der Waals surface area contributed by atoms with Crippen LogP contribution in [0.2, 0.25) is 0 Å². The lowest BCUT2D eigenvalue weighted by molar-refractivity contribution is -0.138. The van der Waals surface area contributed by atoms with E-state index in [1.807, 2.05) is 0 Å². The Bertz CT molecular complexity index is 477. The fourth-order valence-electron chi connectivity index (χ4n) is 1.29. The summed E-state index contributed by atoms with van der Waals surface area (Å²) < 4.78 is 9.54. The molecule has 0 saturated carbocycles. The van der Waals surface area contributed by atoms with E-state index >= 15 is 0 Å². The van der Waals surface area contributed by atoms with E-state index in [2.05, 4.69) is 9.97 Å². The SMILES string of the molecule is CCOC(=O)/C=C/c1nccnc1/C=C/C(=O)OCC. The van der Waals surface area contributed by atoms with Gasteiger partial charge >= 0.3 is 11.9 Å². The van der Waals surface area contributed by atoms with Crippen LogP contribution in [0.4, 0.5) is 0 Å². The number of hydrogen-bond donors (Lipinski definition) is 0. The van der Waals surface area contributed by atoms with Crippen LogP contribution in [0.15, 0.2) is 24.5 Å². The second-order valence-corrected chi connectivity index (χ2v) is 3.50. The van der Waals surface area contributed by atoms with Crippen LogP contribution in [0.5, 0.6) is 0 Å². The van der Waals surface area contributed by atoms with Crippen LogP contribution in [0.1, 0.15) is 25.2 Å². The van der Waals surface area contributed by atoms with Crippen LogP contribution in [-0.4, -0.2) is 35.1 Å². The summed E-state index contributed by atoms with van der Waals surface area (Å²) in [5.41, 5.74) is 0.919. The molecule has 6 nitrogen and oxygen atoms in total. The molecule has 0 aliphatic carbocycles. The lowest BCUT2D eigenvalue weighted by Crippen LogP contribution is -2.00. The fourth-order valence-corrected chi connectivity index (χ4v) is 1.29. The van der Waals surface area contributed by atoms with Crippen molar-refractivity contribution in [2.24, 2.45) is 0 Å². The van der Waals surface area contributed by atoms with E-state index in [0.717, 1.165) is 0 Å². The normalized spacial score (nSPS) is 10.9.